The Labute approximate surface area is 115 Å². The summed E-state index contributed by atoms with van der Waals surface area (Å²) in [7, 11) is 1.65. The van der Waals surface area contributed by atoms with Gasteiger partial charge in [0, 0.05) is 0 Å². The van der Waals surface area contributed by atoms with Crippen LogP contribution in [0.4, 0.5) is 0 Å². The van der Waals surface area contributed by atoms with Gasteiger partial charge in [-0.3, -0.25) is 0 Å². The van der Waals surface area contributed by atoms with Gasteiger partial charge in [-0.2, -0.15) is 0 Å². The average Bonchev–Trinajstić information content (AvgIpc) is 2.45. The third-order valence-corrected chi connectivity index (χ3v) is 3.61. The second kappa shape index (κ2) is 6.78. The Kier molecular flexibility index (Phi) is 5.05. The molecule has 1 aromatic rings. The van der Waals surface area contributed by atoms with E-state index in [0.29, 0.717) is 5.92 Å². The molecule has 0 atom stereocenters. The largest absolute Gasteiger partial charge is 0.497 e. The molecule has 19 heavy (non-hydrogen) atoms. The lowest BCUT2D eigenvalue weighted by molar-refractivity contribution is 0.415. The van der Waals surface area contributed by atoms with Crippen LogP contribution in [0.1, 0.15) is 18.4 Å². The topological polar surface area (TPSA) is 41.5 Å². The SMILES string of the molecule is COc1cc(/C=C/C2CCNCC2)cc(B(C)O)c1. The van der Waals surface area contributed by atoms with Gasteiger partial charge in [0.05, 0.1) is 7.11 Å². The minimum absolute atomic E-state index is 0.471. The molecule has 1 fully saturated rings. The Morgan fingerprint density at radius 3 is 2.68 bits per heavy atom. The molecule has 0 aromatic heterocycles. The highest BCUT2D eigenvalue weighted by atomic mass is 16.5. The van der Waals surface area contributed by atoms with E-state index in [-0.39, 0.29) is 0 Å². The van der Waals surface area contributed by atoms with E-state index < -0.39 is 6.92 Å². The van der Waals surface area contributed by atoms with Crippen molar-refractivity contribution in [3.63, 3.8) is 0 Å². The van der Waals surface area contributed by atoms with Crippen LogP contribution in [-0.4, -0.2) is 32.1 Å². The highest BCUT2D eigenvalue weighted by Crippen LogP contribution is 2.17. The lowest BCUT2D eigenvalue weighted by Crippen LogP contribution is -2.27. The second-order valence-corrected chi connectivity index (χ2v) is 5.16. The van der Waals surface area contributed by atoms with E-state index in [1.165, 1.54) is 12.8 Å². The summed E-state index contributed by atoms with van der Waals surface area (Å²) in [5, 5.41) is 13.1. The van der Waals surface area contributed by atoms with Crippen LogP contribution >= 0.6 is 0 Å². The minimum atomic E-state index is -0.471. The maximum atomic E-state index is 9.70. The summed E-state index contributed by atoms with van der Waals surface area (Å²) in [5.41, 5.74) is 1.98. The molecule has 1 aliphatic heterocycles. The van der Waals surface area contributed by atoms with Gasteiger partial charge in [-0.1, -0.05) is 25.0 Å². The molecule has 0 aliphatic carbocycles. The third kappa shape index (κ3) is 4.11. The van der Waals surface area contributed by atoms with Crippen molar-refractivity contribution in [2.75, 3.05) is 20.2 Å². The van der Waals surface area contributed by atoms with E-state index in [1.54, 1.807) is 13.9 Å². The average molecular weight is 259 g/mol. The number of rotatable bonds is 4. The van der Waals surface area contributed by atoms with Gasteiger partial charge in [-0.15, -0.1) is 0 Å². The van der Waals surface area contributed by atoms with Crippen LogP contribution in [0.25, 0.3) is 6.08 Å². The first kappa shape index (κ1) is 14.2. The van der Waals surface area contributed by atoms with Crippen LogP contribution < -0.4 is 15.5 Å². The molecule has 1 aromatic carbocycles. The first-order valence-electron chi connectivity index (χ1n) is 6.95. The van der Waals surface area contributed by atoms with Crippen molar-refractivity contribution in [1.82, 2.24) is 5.32 Å². The number of ether oxygens (including phenoxy) is 1. The lowest BCUT2D eigenvalue weighted by Gasteiger charge is -2.19. The first-order valence-corrected chi connectivity index (χ1v) is 6.95. The second-order valence-electron chi connectivity index (χ2n) is 5.16. The van der Waals surface area contributed by atoms with Crippen molar-refractivity contribution in [2.45, 2.75) is 19.7 Å². The van der Waals surface area contributed by atoms with Crippen molar-refractivity contribution in [3.05, 3.63) is 29.8 Å². The summed E-state index contributed by atoms with van der Waals surface area (Å²) in [5.74, 6) is 1.45. The van der Waals surface area contributed by atoms with Gasteiger partial charge >= 0.3 is 6.92 Å². The lowest BCUT2D eigenvalue weighted by atomic mass is 9.64. The van der Waals surface area contributed by atoms with Gasteiger partial charge < -0.3 is 15.1 Å². The van der Waals surface area contributed by atoms with E-state index in [2.05, 4.69) is 17.5 Å². The fraction of sp³-hybridized carbons (Fsp3) is 0.467. The molecule has 0 unspecified atom stereocenters. The highest BCUT2D eigenvalue weighted by Gasteiger charge is 2.11. The van der Waals surface area contributed by atoms with E-state index in [9.17, 15) is 5.02 Å². The van der Waals surface area contributed by atoms with E-state index in [4.69, 9.17) is 4.74 Å². The monoisotopic (exact) mass is 259 g/mol. The van der Waals surface area contributed by atoms with Crippen LogP contribution in [0.5, 0.6) is 5.75 Å². The first-order chi connectivity index (χ1) is 9.19. The zero-order valence-corrected chi connectivity index (χ0v) is 11.7. The summed E-state index contributed by atoms with van der Waals surface area (Å²) in [4.78, 5) is 0. The molecule has 0 saturated carbocycles. The van der Waals surface area contributed by atoms with Gasteiger partial charge in [-0.25, -0.2) is 0 Å². The molecule has 2 N–H and O–H groups in total. The van der Waals surface area contributed by atoms with Gasteiger partial charge in [0.25, 0.3) is 0 Å². The molecule has 0 bridgehead atoms. The van der Waals surface area contributed by atoms with Gasteiger partial charge in [0.15, 0.2) is 0 Å². The Morgan fingerprint density at radius 2 is 2.05 bits per heavy atom. The summed E-state index contributed by atoms with van der Waals surface area (Å²) < 4.78 is 5.28. The third-order valence-electron chi connectivity index (χ3n) is 3.61. The fourth-order valence-corrected chi connectivity index (χ4v) is 2.39. The van der Waals surface area contributed by atoms with Crippen molar-refractivity contribution < 1.29 is 9.76 Å². The summed E-state index contributed by atoms with van der Waals surface area (Å²) >= 11 is 0. The molecule has 0 radical (unpaired) electrons. The number of hydrogen-bond acceptors (Lipinski definition) is 3. The van der Waals surface area contributed by atoms with Crippen LogP contribution in [0.2, 0.25) is 6.82 Å². The van der Waals surface area contributed by atoms with E-state index >= 15 is 0 Å². The van der Waals surface area contributed by atoms with Crippen molar-refractivity contribution in [2.24, 2.45) is 5.92 Å². The predicted octanol–water partition coefficient (Wildman–Crippen LogP) is 1.53. The number of hydrogen-bond donors (Lipinski definition) is 2. The molecule has 102 valence electrons. The van der Waals surface area contributed by atoms with Gasteiger partial charge in [0.1, 0.15) is 5.75 Å². The highest BCUT2D eigenvalue weighted by molar-refractivity contribution is 6.64. The maximum absolute atomic E-state index is 9.70. The number of piperidine rings is 1. The number of nitrogens with one attached hydrogen (secondary N) is 1. The summed E-state index contributed by atoms with van der Waals surface area (Å²) in [6.45, 7) is 3.51. The number of methoxy groups -OCH3 is 1. The van der Waals surface area contributed by atoms with Crippen LogP contribution in [0.3, 0.4) is 0 Å². The summed E-state index contributed by atoms with van der Waals surface area (Å²) in [6.07, 6.45) is 6.82. The van der Waals surface area contributed by atoms with E-state index in [1.807, 2.05) is 18.2 Å². The molecule has 4 heteroatoms. The molecular formula is C15H22BNO2. The molecule has 1 heterocycles. The Hall–Kier alpha value is -1.26. The van der Waals surface area contributed by atoms with Gasteiger partial charge in [0.2, 0.25) is 0 Å². The van der Waals surface area contributed by atoms with Crippen molar-refractivity contribution in [3.8, 4) is 5.75 Å². The van der Waals surface area contributed by atoms with Crippen LogP contribution in [-0.2, 0) is 0 Å². The van der Waals surface area contributed by atoms with Crippen LogP contribution in [0.15, 0.2) is 24.3 Å². The number of benzene rings is 1. The Bertz CT molecular complexity index is 440. The van der Waals surface area contributed by atoms with Crippen LogP contribution in [0, 0.1) is 5.92 Å². The van der Waals surface area contributed by atoms with Crippen molar-refractivity contribution >= 4 is 18.5 Å². The van der Waals surface area contributed by atoms with Crippen molar-refractivity contribution in [1.29, 1.82) is 0 Å². The van der Waals surface area contributed by atoms with Gasteiger partial charge in [-0.05, 0) is 55.0 Å². The Morgan fingerprint density at radius 1 is 1.32 bits per heavy atom. The van der Waals surface area contributed by atoms with E-state index in [0.717, 1.165) is 29.9 Å². The Balaban J connectivity index is 2.13. The standard InChI is InChI=1S/C15H22BNO2/c1-16(18)14-9-13(10-15(11-14)19-2)4-3-12-5-7-17-8-6-12/h3-4,9-12,17-18H,5-8H2,1-2H3/b4-3+. The minimum Gasteiger partial charge on any atom is -0.497 e. The maximum Gasteiger partial charge on any atom is 0.320 e. The molecule has 3 nitrogen and oxygen atoms in total. The molecule has 1 aliphatic rings. The smallest absolute Gasteiger partial charge is 0.320 e. The molecule has 1 saturated heterocycles. The quantitative estimate of drug-likeness (QED) is 0.806. The zero-order valence-electron chi connectivity index (χ0n) is 11.7. The number of allylic oxidation sites excluding steroid dienone is 1. The predicted molar refractivity (Wildman–Crippen MR) is 81.1 cm³/mol. The summed E-state index contributed by atoms with van der Waals surface area (Å²) in [6, 6.07) is 5.90. The normalized spacial score (nSPS) is 16.8. The molecule has 0 spiro atoms. The fourth-order valence-electron chi connectivity index (χ4n) is 2.39. The molecule has 2 rings (SSSR count). The molecular weight excluding hydrogens is 237 g/mol. The molecule has 0 amide bonds. The zero-order chi connectivity index (χ0) is 13.7.